The molecule has 0 radical (unpaired) electrons. The van der Waals surface area contributed by atoms with Crippen LogP contribution < -0.4 is 11.6 Å². The molecule has 0 bridgehead atoms. The SMILES string of the molecule is CC(C)(C)OC(=O)N(N)[C@H]1C[C@H](N)C1. The lowest BCUT2D eigenvalue weighted by molar-refractivity contribution is 0.00431. The molecule has 5 heteroatoms. The molecule has 0 aromatic carbocycles. The molecule has 5 nitrogen and oxygen atoms in total. The molecule has 0 saturated heterocycles. The molecule has 0 spiro atoms. The van der Waals surface area contributed by atoms with Gasteiger partial charge >= 0.3 is 6.09 Å². The van der Waals surface area contributed by atoms with E-state index in [1.54, 1.807) is 0 Å². The van der Waals surface area contributed by atoms with E-state index in [9.17, 15) is 4.79 Å². The highest BCUT2D eigenvalue weighted by Gasteiger charge is 2.34. The van der Waals surface area contributed by atoms with Crippen molar-refractivity contribution < 1.29 is 9.53 Å². The van der Waals surface area contributed by atoms with Crippen LogP contribution in [0.5, 0.6) is 0 Å². The van der Waals surface area contributed by atoms with Crippen LogP contribution in [-0.2, 0) is 4.74 Å². The summed E-state index contributed by atoms with van der Waals surface area (Å²) in [4.78, 5) is 11.4. The van der Waals surface area contributed by atoms with Crippen molar-refractivity contribution in [2.45, 2.75) is 51.3 Å². The van der Waals surface area contributed by atoms with Crippen LogP contribution in [0.15, 0.2) is 0 Å². The molecule has 0 heterocycles. The van der Waals surface area contributed by atoms with Crippen LogP contribution in [0.25, 0.3) is 0 Å². The maximum Gasteiger partial charge on any atom is 0.424 e. The number of amides is 1. The zero-order valence-corrected chi connectivity index (χ0v) is 8.99. The van der Waals surface area contributed by atoms with Crippen molar-refractivity contribution in [3.05, 3.63) is 0 Å². The average Bonchev–Trinajstić information content (AvgIpc) is 1.94. The van der Waals surface area contributed by atoms with Gasteiger partial charge < -0.3 is 10.5 Å². The minimum atomic E-state index is -0.499. The molecule has 0 aliphatic heterocycles. The molecule has 1 saturated carbocycles. The van der Waals surface area contributed by atoms with Gasteiger partial charge in [0.1, 0.15) is 5.60 Å². The number of hydrazine groups is 1. The van der Waals surface area contributed by atoms with Crippen LogP contribution in [0.4, 0.5) is 4.79 Å². The van der Waals surface area contributed by atoms with E-state index in [-0.39, 0.29) is 12.1 Å². The van der Waals surface area contributed by atoms with Crippen molar-refractivity contribution in [1.82, 2.24) is 5.01 Å². The Kier molecular flexibility index (Phi) is 3.01. The molecule has 82 valence electrons. The highest BCUT2D eigenvalue weighted by Crippen LogP contribution is 2.23. The molecule has 0 atom stereocenters. The molecule has 4 N–H and O–H groups in total. The van der Waals surface area contributed by atoms with Gasteiger partial charge in [-0.2, -0.15) is 0 Å². The molecule has 1 rings (SSSR count). The Morgan fingerprint density at radius 1 is 1.43 bits per heavy atom. The molecule has 14 heavy (non-hydrogen) atoms. The standard InChI is InChI=1S/C9H19N3O2/c1-9(2,3)14-8(13)12(11)7-4-6(10)5-7/h6-7H,4-5,10-11H2,1-3H3/t6-,7-. The summed E-state index contributed by atoms with van der Waals surface area (Å²) in [6.45, 7) is 5.43. The largest absolute Gasteiger partial charge is 0.443 e. The third-order valence-corrected chi connectivity index (χ3v) is 2.15. The van der Waals surface area contributed by atoms with E-state index in [1.165, 1.54) is 0 Å². The summed E-state index contributed by atoms with van der Waals surface area (Å²) in [6.07, 6.45) is 1.04. The fourth-order valence-corrected chi connectivity index (χ4v) is 1.32. The molecule has 0 aromatic rings. The second-order valence-electron chi connectivity index (χ2n) is 4.77. The molecule has 0 aromatic heterocycles. The second-order valence-corrected chi connectivity index (χ2v) is 4.77. The van der Waals surface area contributed by atoms with Crippen LogP contribution in [0.3, 0.4) is 0 Å². The normalized spacial score (nSPS) is 26.6. The summed E-state index contributed by atoms with van der Waals surface area (Å²) < 4.78 is 5.11. The third-order valence-electron chi connectivity index (χ3n) is 2.15. The quantitative estimate of drug-likeness (QED) is 0.369. The lowest BCUT2D eigenvalue weighted by Crippen LogP contribution is -2.56. The molecular weight excluding hydrogens is 182 g/mol. The molecule has 1 aliphatic carbocycles. The molecule has 1 aliphatic rings. The van der Waals surface area contributed by atoms with Gasteiger partial charge in [-0.15, -0.1) is 0 Å². The first-order chi connectivity index (χ1) is 6.29. The second kappa shape index (κ2) is 3.74. The lowest BCUT2D eigenvalue weighted by atomic mass is 9.87. The van der Waals surface area contributed by atoms with Gasteiger partial charge in [-0.1, -0.05) is 0 Å². The van der Waals surface area contributed by atoms with Gasteiger partial charge in [0.2, 0.25) is 0 Å². The Hall–Kier alpha value is -0.810. The minimum Gasteiger partial charge on any atom is -0.443 e. The summed E-state index contributed by atoms with van der Waals surface area (Å²) in [5.74, 6) is 5.60. The number of rotatable bonds is 1. The average molecular weight is 201 g/mol. The van der Waals surface area contributed by atoms with Crippen LogP contribution in [0, 0.1) is 0 Å². The fourth-order valence-electron chi connectivity index (χ4n) is 1.32. The number of nitrogens with zero attached hydrogens (tertiary/aromatic N) is 1. The fraction of sp³-hybridized carbons (Fsp3) is 0.889. The summed E-state index contributed by atoms with van der Waals surface area (Å²) in [7, 11) is 0. The van der Waals surface area contributed by atoms with E-state index in [2.05, 4.69) is 0 Å². The van der Waals surface area contributed by atoms with Gasteiger partial charge in [-0.25, -0.2) is 15.6 Å². The van der Waals surface area contributed by atoms with E-state index < -0.39 is 11.7 Å². The van der Waals surface area contributed by atoms with Gasteiger partial charge in [-0.05, 0) is 33.6 Å². The van der Waals surface area contributed by atoms with Gasteiger partial charge in [0.25, 0.3) is 0 Å². The molecule has 0 unspecified atom stereocenters. The van der Waals surface area contributed by atoms with Gasteiger partial charge in [0.05, 0.1) is 6.04 Å². The van der Waals surface area contributed by atoms with Crippen molar-refractivity contribution in [3.63, 3.8) is 0 Å². The predicted molar refractivity (Wildman–Crippen MR) is 53.3 cm³/mol. The van der Waals surface area contributed by atoms with Crippen LogP contribution in [-0.4, -0.2) is 28.8 Å². The Morgan fingerprint density at radius 2 is 1.93 bits per heavy atom. The number of ether oxygens (including phenoxy) is 1. The topological polar surface area (TPSA) is 81.6 Å². The maximum absolute atomic E-state index is 11.4. The Morgan fingerprint density at radius 3 is 2.29 bits per heavy atom. The predicted octanol–water partition coefficient (Wildman–Crippen LogP) is 0.587. The zero-order valence-electron chi connectivity index (χ0n) is 8.99. The monoisotopic (exact) mass is 201 g/mol. The maximum atomic E-state index is 11.4. The van der Waals surface area contributed by atoms with Gasteiger partial charge in [-0.3, -0.25) is 0 Å². The third kappa shape index (κ3) is 2.85. The van der Waals surface area contributed by atoms with E-state index >= 15 is 0 Å². The Bertz CT molecular complexity index is 219. The Labute approximate surface area is 84.3 Å². The summed E-state index contributed by atoms with van der Waals surface area (Å²) >= 11 is 0. The number of nitrogens with two attached hydrogens (primary N) is 2. The summed E-state index contributed by atoms with van der Waals surface area (Å²) in [5, 5.41) is 1.15. The van der Waals surface area contributed by atoms with Crippen molar-refractivity contribution in [1.29, 1.82) is 0 Å². The lowest BCUT2D eigenvalue weighted by Gasteiger charge is -2.38. The number of carbonyl (C=O) groups is 1. The van der Waals surface area contributed by atoms with Crippen molar-refractivity contribution >= 4 is 6.09 Å². The first kappa shape index (κ1) is 11.3. The van der Waals surface area contributed by atoms with Crippen LogP contribution >= 0.6 is 0 Å². The summed E-state index contributed by atoms with van der Waals surface area (Å²) in [5.41, 5.74) is 5.10. The number of hydrogen-bond acceptors (Lipinski definition) is 4. The van der Waals surface area contributed by atoms with Crippen molar-refractivity contribution in [2.75, 3.05) is 0 Å². The number of carbonyl (C=O) groups excluding carboxylic acids is 1. The van der Waals surface area contributed by atoms with E-state index in [0.29, 0.717) is 0 Å². The van der Waals surface area contributed by atoms with Crippen LogP contribution in [0.1, 0.15) is 33.6 Å². The van der Waals surface area contributed by atoms with E-state index in [4.69, 9.17) is 16.3 Å². The van der Waals surface area contributed by atoms with Gasteiger partial charge in [0.15, 0.2) is 0 Å². The molecule has 1 fully saturated rings. The first-order valence-corrected chi connectivity index (χ1v) is 4.82. The number of hydrogen-bond donors (Lipinski definition) is 2. The summed E-state index contributed by atoms with van der Waals surface area (Å²) in [6, 6.07) is 0.216. The van der Waals surface area contributed by atoms with Gasteiger partial charge in [0, 0.05) is 6.04 Å². The van der Waals surface area contributed by atoms with Crippen molar-refractivity contribution in [2.24, 2.45) is 11.6 Å². The van der Waals surface area contributed by atoms with Crippen LogP contribution in [0.2, 0.25) is 0 Å². The smallest absolute Gasteiger partial charge is 0.424 e. The highest BCUT2D eigenvalue weighted by atomic mass is 16.6. The molecule has 1 amide bonds. The minimum absolute atomic E-state index is 0.0415. The van der Waals surface area contributed by atoms with Crippen molar-refractivity contribution in [3.8, 4) is 0 Å². The van der Waals surface area contributed by atoms with E-state index in [0.717, 1.165) is 17.9 Å². The highest BCUT2D eigenvalue weighted by molar-refractivity contribution is 5.67. The zero-order chi connectivity index (χ0) is 10.9. The van der Waals surface area contributed by atoms with E-state index in [1.807, 2.05) is 20.8 Å². The Balaban J connectivity index is 2.38. The first-order valence-electron chi connectivity index (χ1n) is 4.82. The molecular formula is C9H19N3O2.